The third-order valence-corrected chi connectivity index (χ3v) is 2.71. The van der Waals surface area contributed by atoms with E-state index >= 15 is 0 Å². The van der Waals surface area contributed by atoms with Gasteiger partial charge in [0.25, 0.3) is 5.56 Å². The maximum Gasteiger partial charge on any atom is 0.332 e. The second-order valence-electron chi connectivity index (χ2n) is 3.91. The molecule has 0 saturated heterocycles. The standard InChI is InChI=1S/C12H12N4O4/c1-15-10-9(13-5-6-14-10)11(18)16(12(15)19)7-3-4-8(17)20-2/h3-6H,7H2,1-2H3/b4-3+. The number of allylic oxidation sites excluding steroid dienone is 1. The van der Waals surface area contributed by atoms with Crippen LogP contribution in [-0.2, 0) is 23.1 Å². The molecule has 0 bridgehead atoms. The minimum absolute atomic E-state index is 0.0485. The molecule has 0 aliphatic heterocycles. The molecule has 0 aromatic carbocycles. The monoisotopic (exact) mass is 276 g/mol. The molecule has 0 spiro atoms. The zero-order chi connectivity index (χ0) is 14.7. The zero-order valence-corrected chi connectivity index (χ0v) is 10.9. The van der Waals surface area contributed by atoms with Crippen molar-refractivity contribution < 1.29 is 9.53 Å². The van der Waals surface area contributed by atoms with Gasteiger partial charge in [0.2, 0.25) is 0 Å². The van der Waals surface area contributed by atoms with E-state index in [1.165, 1.54) is 37.2 Å². The summed E-state index contributed by atoms with van der Waals surface area (Å²) in [4.78, 5) is 43.0. The Bertz CT molecular complexity index is 803. The lowest BCUT2D eigenvalue weighted by atomic mass is 10.4. The molecule has 0 saturated carbocycles. The number of aromatic nitrogens is 4. The van der Waals surface area contributed by atoms with Crippen LogP contribution in [0.1, 0.15) is 0 Å². The van der Waals surface area contributed by atoms with Gasteiger partial charge < -0.3 is 4.74 Å². The maximum atomic E-state index is 12.1. The Kier molecular flexibility index (Phi) is 3.74. The molecular formula is C12H12N4O4. The van der Waals surface area contributed by atoms with Crippen LogP contribution in [0.5, 0.6) is 0 Å². The molecule has 0 aliphatic rings. The number of rotatable bonds is 3. The smallest absolute Gasteiger partial charge is 0.332 e. The summed E-state index contributed by atoms with van der Waals surface area (Å²) in [7, 11) is 2.74. The van der Waals surface area contributed by atoms with E-state index in [2.05, 4.69) is 14.7 Å². The summed E-state index contributed by atoms with van der Waals surface area (Å²) in [6.07, 6.45) is 5.30. The van der Waals surface area contributed by atoms with Crippen molar-refractivity contribution in [3.8, 4) is 0 Å². The molecule has 0 fully saturated rings. The van der Waals surface area contributed by atoms with Crippen molar-refractivity contribution in [3.63, 3.8) is 0 Å². The molecule has 104 valence electrons. The predicted molar refractivity (Wildman–Crippen MR) is 70.2 cm³/mol. The third kappa shape index (κ3) is 2.35. The number of hydrogen-bond donors (Lipinski definition) is 0. The first-order chi connectivity index (χ1) is 9.56. The first kappa shape index (κ1) is 13.7. The van der Waals surface area contributed by atoms with Crippen LogP contribution in [0.2, 0.25) is 0 Å². The van der Waals surface area contributed by atoms with Crippen LogP contribution in [-0.4, -0.2) is 32.2 Å². The molecule has 0 radical (unpaired) electrons. The van der Waals surface area contributed by atoms with Gasteiger partial charge in [0.05, 0.1) is 7.11 Å². The van der Waals surface area contributed by atoms with Gasteiger partial charge in [-0.05, 0) is 0 Å². The van der Waals surface area contributed by atoms with Gasteiger partial charge in [0.15, 0.2) is 11.2 Å². The summed E-state index contributed by atoms with van der Waals surface area (Å²) in [6.45, 7) is -0.0485. The second kappa shape index (κ2) is 5.47. The molecule has 0 N–H and O–H groups in total. The Morgan fingerprint density at radius 2 is 2.05 bits per heavy atom. The Morgan fingerprint density at radius 1 is 1.35 bits per heavy atom. The molecule has 20 heavy (non-hydrogen) atoms. The molecule has 0 amide bonds. The van der Waals surface area contributed by atoms with E-state index in [1.54, 1.807) is 0 Å². The van der Waals surface area contributed by atoms with Crippen LogP contribution in [0, 0.1) is 0 Å². The number of carbonyl (C=O) groups excluding carboxylic acids is 1. The molecule has 0 atom stereocenters. The highest BCUT2D eigenvalue weighted by molar-refractivity contribution is 5.81. The fourth-order valence-electron chi connectivity index (χ4n) is 1.70. The molecule has 8 heteroatoms. The summed E-state index contributed by atoms with van der Waals surface area (Å²) in [5.74, 6) is -0.560. The molecule has 8 nitrogen and oxygen atoms in total. The molecule has 2 aromatic heterocycles. The van der Waals surface area contributed by atoms with Crippen molar-refractivity contribution in [1.82, 2.24) is 19.1 Å². The van der Waals surface area contributed by atoms with Crippen molar-refractivity contribution in [2.75, 3.05) is 7.11 Å². The maximum absolute atomic E-state index is 12.1. The molecular weight excluding hydrogens is 264 g/mol. The first-order valence-electron chi connectivity index (χ1n) is 5.71. The fraction of sp³-hybridized carbons (Fsp3) is 0.250. The van der Waals surface area contributed by atoms with Crippen molar-refractivity contribution in [2.45, 2.75) is 6.54 Å². The van der Waals surface area contributed by atoms with Gasteiger partial charge >= 0.3 is 11.7 Å². The SMILES string of the molecule is COC(=O)/C=C/Cn1c(=O)c2nccnc2n(C)c1=O. The van der Waals surface area contributed by atoms with E-state index in [0.29, 0.717) is 0 Å². The van der Waals surface area contributed by atoms with Gasteiger partial charge in [0, 0.05) is 32.1 Å². The number of hydrogen-bond acceptors (Lipinski definition) is 6. The highest BCUT2D eigenvalue weighted by Gasteiger charge is 2.11. The van der Waals surface area contributed by atoms with Gasteiger partial charge in [-0.3, -0.25) is 13.9 Å². The summed E-state index contributed by atoms with van der Waals surface area (Å²) >= 11 is 0. The zero-order valence-electron chi connectivity index (χ0n) is 10.9. The van der Waals surface area contributed by atoms with Gasteiger partial charge in [-0.25, -0.2) is 19.6 Å². The van der Waals surface area contributed by atoms with E-state index in [1.807, 2.05) is 0 Å². The largest absolute Gasteiger partial charge is 0.466 e. The molecule has 2 rings (SSSR count). The average Bonchev–Trinajstić information content (AvgIpc) is 2.48. The van der Waals surface area contributed by atoms with Crippen LogP contribution in [0.15, 0.2) is 34.1 Å². The van der Waals surface area contributed by atoms with E-state index < -0.39 is 17.2 Å². The summed E-state index contributed by atoms with van der Waals surface area (Å²) in [6, 6.07) is 0. The molecule has 2 aromatic rings. The first-order valence-corrected chi connectivity index (χ1v) is 5.71. The minimum atomic E-state index is -0.560. The van der Waals surface area contributed by atoms with E-state index in [0.717, 1.165) is 10.6 Å². The highest BCUT2D eigenvalue weighted by atomic mass is 16.5. The van der Waals surface area contributed by atoms with Crippen molar-refractivity contribution in [1.29, 1.82) is 0 Å². The number of fused-ring (bicyclic) bond motifs is 1. The molecule has 0 aliphatic carbocycles. The Balaban J connectivity index is 2.55. The van der Waals surface area contributed by atoms with E-state index in [9.17, 15) is 14.4 Å². The number of aryl methyl sites for hydroxylation is 1. The normalized spacial score (nSPS) is 11.1. The van der Waals surface area contributed by atoms with Crippen molar-refractivity contribution in [3.05, 3.63) is 45.4 Å². The third-order valence-electron chi connectivity index (χ3n) is 2.71. The Labute approximate surface area is 113 Å². The average molecular weight is 276 g/mol. The van der Waals surface area contributed by atoms with Crippen LogP contribution in [0.4, 0.5) is 0 Å². The van der Waals surface area contributed by atoms with Crippen LogP contribution in [0.25, 0.3) is 11.2 Å². The lowest BCUT2D eigenvalue weighted by molar-refractivity contribution is -0.134. The topological polar surface area (TPSA) is 96.1 Å². The lowest BCUT2D eigenvalue weighted by Crippen LogP contribution is -2.39. The second-order valence-corrected chi connectivity index (χ2v) is 3.91. The summed E-state index contributed by atoms with van der Waals surface area (Å²) < 4.78 is 6.62. The van der Waals surface area contributed by atoms with Crippen molar-refractivity contribution in [2.24, 2.45) is 7.05 Å². The lowest BCUT2D eigenvalue weighted by Gasteiger charge is -2.07. The number of esters is 1. The Hall–Kier alpha value is -2.77. The molecule has 0 unspecified atom stereocenters. The fourth-order valence-corrected chi connectivity index (χ4v) is 1.70. The Morgan fingerprint density at radius 3 is 2.75 bits per heavy atom. The van der Waals surface area contributed by atoms with Gasteiger partial charge in [0.1, 0.15) is 0 Å². The minimum Gasteiger partial charge on any atom is -0.466 e. The number of nitrogens with zero attached hydrogens (tertiary/aromatic N) is 4. The quantitative estimate of drug-likeness (QED) is 0.539. The summed E-state index contributed by atoms with van der Waals surface area (Å²) in [5.41, 5.74) is -0.764. The summed E-state index contributed by atoms with van der Waals surface area (Å²) in [5, 5.41) is 0. The number of methoxy groups -OCH3 is 1. The van der Waals surface area contributed by atoms with E-state index in [4.69, 9.17) is 0 Å². The highest BCUT2D eigenvalue weighted by Crippen LogP contribution is 1.97. The number of carbonyl (C=O) groups is 1. The van der Waals surface area contributed by atoms with Crippen LogP contribution >= 0.6 is 0 Å². The van der Waals surface area contributed by atoms with Crippen LogP contribution in [0.3, 0.4) is 0 Å². The predicted octanol–water partition coefficient (Wildman–Crippen LogP) is -0.781. The molecule has 2 heterocycles. The van der Waals surface area contributed by atoms with E-state index in [-0.39, 0.29) is 17.7 Å². The van der Waals surface area contributed by atoms with Crippen LogP contribution < -0.4 is 11.2 Å². The van der Waals surface area contributed by atoms with Gasteiger partial charge in [-0.1, -0.05) is 6.08 Å². The van der Waals surface area contributed by atoms with Gasteiger partial charge in [-0.15, -0.1) is 0 Å². The number of ether oxygens (including phenoxy) is 1. The van der Waals surface area contributed by atoms with Gasteiger partial charge in [-0.2, -0.15) is 0 Å². The van der Waals surface area contributed by atoms with Crippen molar-refractivity contribution >= 4 is 17.1 Å².